The van der Waals surface area contributed by atoms with Crippen LogP contribution in [-0.2, 0) is 0 Å². The third-order valence-electron chi connectivity index (χ3n) is 10.5. The molecule has 0 fully saturated rings. The Morgan fingerprint density at radius 2 is 0.882 bits per heavy atom. The molecule has 0 aliphatic heterocycles. The second-order valence-corrected chi connectivity index (χ2v) is 14.4. The van der Waals surface area contributed by atoms with Gasteiger partial charge < -0.3 is 9.47 Å². The van der Waals surface area contributed by atoms with Gasteiger partial charge in [-0.1, -0.05) is 121 Å². The van der Waals surface area contributed by atoms with Crippen molar-refractivity contribution >= 4 is 103 Å². The van der Waals surface area contributed by atoms with E-state index < -0.39 is 0 Å². The Kier molecular flexibility index (Phi) is 6.16. The number of para-hydroxylation sites is 2. The van der Waals surface area contributed by atoms with Crippen molar-refractivity contribution in [2.24, 2.45) is 0 Å². The molecule has 0 atom stereocenters. The van der Waals surface area contributed by atoms with Crippen molar-refractivity contribution in [1.82, 2.24) is 4.57 Å². The van der Waals surface area contributed by atoms with Crippen LogP contribution in [0.1, 0.15) is 0 Å². The smallest absolute Gasteiger partial charge is 0.0561 e. The van der Waals surface area contributed by atoms with E-state index in [-0.39, 0.29) is 0 Å². The van der Waals surface area contributed by atoms with Gasteiger partial charge in [0.15, 0.2) is 0 Å². The lowest BCUT2D eigenvalue weighted by Gasteiger charge is -2.26. The van der Waals surface area contributed by atoms with Crippen molar-refractivity contribution in [1.29, 1.82) is 0 Å². The number of fused-ring (bicyclic) bond motifs is 11. The normalized spacial score (nSPS) is 11.9. The highest BCUT2D eigenvalue weighted by molar-refractivity contribution is 7.25. The fraction of sp³-hybridized carbons (Fsp3) is 0. The minimum Gasteiger partial charge on any atom is -0.310 e. The summed E-state index contributed by atoms with van der Waals surface area (Å²) in [6.45, 7) is 0. The Morgan fingerprint density at radius 1 is 0.333 bits per heavy atom. The first-order chi connectivity index (χ1) is 25.3. The summed E-state index contributed by atoms with van der Waals surface area (Å²) in [4.78, 5) is 2.43. The summed E-state index contributed by atoms with van der Waals surface area (Å²) in [7, 11) is 0. The standard InChI is InChI=1S/C48H30N2S/c1-2-11-33(12-3-1)50-45-16-8-6-14-41(45)42-26-21-35(29-46(42)50)49(36-22-27-44-43-15-7-9-17-47(43)51-48(44)30-36)34-20-25-38-32(28-34)19-24-39-37-13-5-4-10-31(37)18-23-40(38)39/h1-30H. The molecule has 9 aromatic carbocycles. The largest absolute Gasteiger partial charge is 0.310 e. The lowest BCUT2D eigenvalue weighted by Crippen LogP contribution is -2.10. The van der Waals surface area contributed by atoms with E-state index in [1.807, 2.05) is 11.3 Å². The lowest BCUT2D eigenvalue weighted by atomic mass is 9.96. The highest BCUT2D eigenvalue weighted by Crippen LogP contribution is 2.44. The molecule has 2 heterocycles. The first-order valence-electron chi connectivity index (χ1n) is 17.4. The van der Waals surface area contributed by atoms with E-state index in [2.05, 4.69) is 191 Å². The van der Waals surface area contributed by atoms with Gasteiger partial charge in [-0.2, -0.15) is 0 Å². The number of rotatable bonds is 4. The maximum Gasteiger partial charge on any atom is 0.0561 e. The van der Waals surface area contributed by atoms with E-state index in [1.54, 1.807) is 0 Å². The SMILES string of the molecule is c1ccc(-n2c3ccccc3c3ccc(N(c4ccc5c(ccc6c7ccccc7ccc56)c4)c4ccc5c(c4)sc4ccccc45)cc32)cc1. The van der Waals surface area contributed by atoms with Crippen LogP contribution in [0.5, 0.6) is 0 Å². The Morgan fingerprint density at radius 3 is 1.73 bits per heavy atom. The molecule has 11 aromatic rings. The van der Waals surface area contributed by atoms with Crippen LogP contribution >= 0.6 is 11.3 Å². The van der Waals surface area contributed by atoms with Crippen LogP contribution < -0.4 is 4.90 Å². The van der Waals surface area contributed by atoms with Crippen LogP contribution in [0.25, 0.3) is 80.0 Å². The van der Waals surface area contributed by atoms with Gasteiger partial charge in [0, 0.05) is 53.7 Å². The Labute approximate surface area is 298 Å². The molecule has 0 radical (unpaired) electrons. The average Bonchev–Trinajstić information content (AvgIpc) is 3.73. The number of anilines is 3. The Balaban J connectivity index is 1.16. The summed E-state index contributed by atoms with van der Waals surface area (Å²) in [5.41, 5.74) is 6.94. The van der Waals surface area contributed by atoms with E-state index in [9.17, 15) is 0 Å². The quantitative estimate of drug-likeness (QED) is 0.170. The molecule has 0 spiro atoms. The molecule has 2 nitrogen and oxygen atoms in total. The fourth-order valence-corrected chi connectivity index (χ4v) is 9.35. The van der Waals surface area contributed by atoms with Crippen molar-refractivity contribution < 1.29 is 0 Å². The third-order valence-corrected chi connectivity index (χ3v) is 11.7. The minimum atomic E-state index is 1.12. The Hall–Kier alpha value is -6.42. The van der Waals surface area contributed by atoms with Crippen molar-refractivity contribution in [3.05, 3.63) is 182 Å². The second-order valence-electron chi connectivity index (χ2n) is 13.4. The van der Waals surface area contributed by atoms with Crippen LogP contribution in [0.15, 0.2) is 182 Å². The third kappa shape index (κ3) is 4.35. The van der Waals surface area contributed by atoms with Crippen molar-refractivity contribution in [3.8, 4) is 5.69 Å². The predicted octanol–water partition coefficient (Wildman–Crippen LogP) is 14.1. The first-order valence-corrected chi connectivity index (χ1v) is 18.2. The zero-order valence-corrected chi connectivity index (χ0v) is 28.4. The maximum absolute atomic E-state index is 2.43. The van der Waals surface area contributed by atoms with Crippen LogP contribution in [-0.4, -0.2) is 4.57 Å². The summed E-state index contributed by atoms with van der Waals surface area (Å²) >= 11 is 1.86. The zero-order chi connectivity index (χ0) is 33.5. The zero-order valence-electron chi connectivity index (χ0n) is 27.6. The molecule has 11 rings (SSSR count). The Bertz CT molecular complexity index is 3150. The van der Waals surface area contributed by atoms with Gasteiger partial charge in [0.2, 0.25) is 0 Å². The fourth-order valence-electron chi connectivity index (χ4n) is 8.21. The number of nitrogens with zero attached hydrogens (tertiary/aromatic N) is 2. The molecule has 0 aliphatic carbocycles. The molecule has 0 saturated carbocycles. The monoisotopic (exact) mass is 666 g/mol. The van der Waals surface area contributed by atoms with Gasteiger partial charge in [-0.15, -0.1) is 11.3 Å². The molecular formula is C48H30N2S. The van der Waals surface area contributed by atoms with Gasteiger partial charge >= 0.3 is 0 Å². The molecule has 0 bridgehead atoms. The van der Waals surface area contributed by atoms with Crippen LogP contribution in [0, 0.1) is 0 Å². The van der Waals surface area contributed by atoms with Gasteiger partial charge in [0.05, 0.1) is 11.0 Å². The van der Waals surface area contributed by atoms with Gasteiger partial charge in [0.25, 0.3) is 0 Å². The van der Waals surface area contributed by atoms with Gasteiger partial charge in [0.1, 0.15) is 0 Å². The number of hydrogen-bond acceptors (Lipinski definition) is 2. The first kappa shape index (κ1) is 28.4. The van der Waals surface area contributed by atoms with E-state index in [4.69, 9.17) is 0 Å². The predicted molar refractivity (Wildman–Crippen MR) is 221 cm³/mol. The van der Waals surface area contributed by atoms with E-state index in [0.717, 1.165) is 22.7 Å². The van der Waals surface area contributed by atoms with Crippen LogP contribution in [0.4, 0.5) is 17.1 Å². The van der Waals surface area contributed by atoms with Crippen LogP contribution in [0.3, 0.4) is 0 Å². The van der Waals surface area contributed by atoms with Crippen molar-refractivity contribution in [2.45, 2.75) is 0 Å². The molecule has 238 valence electrons. The highest BCUT2D eigenvalue weighted by Gasteiger charge is 2.19. The van der Waals surface area contributed by atoms with Gasteiger partial charge in [-0.05, 0) is 93.0 Å². The summed E-state index contributed by atoms with van der Waals surface area (Å²) in [6, 6.07) is 66.8. The molecule has 3 heteroatoms. The summed E-state index contributed by atoms with van der Waals surface area (Å²) in [5.74, 6) is 0. The molecule has 2 aromatic heterocycles. The number of aromatic nitrogens is 1. The summed E-state index contributed by atoms with van der Waals surface area (Å²) in [5, 5.41) is 12.7. The van der Waals surface area contributed by atoms with E-state index >= 15 is 0 Å². The molecule has 0 saturated heterocycles. The number of hydrogen-bond donors (Lipinski definition) is 0. The molecule has 0 N–H and O–H groups in total. The number of benzene rings is 9. The number of thiophene rings is 1. The van der Waals surface area contributed by atoms with Gasteiger partial charge in [-0.3, -0.25) is 0 Å². The molecule has 0 aliphatic rings. The van der Waals surface area contributed by atoms with E-state index in [0.29, 0.717) is 0 Å². The second kappa shape index (κ2) is 11.0. The maximum atomic E-state index is 2.43. The summed E-state index contributed by atoms with van der Waals surface area (Å²) in [6.07, 6.45) is 0. The minimum absolute atomic E-state index is 1.12. The highest BCUT2D eigenvalue weighted by atomic mass is 32.1. The topological polar surface area (TPSA) is 8.17 Å². The molecule has 51 heavy (non-hydrogen) atoms. The molecule has 0 amide bonds. The van der Waals surface area contributed by atoms with Crippen molar-refractivity contribution in [2.75, 3.05) is 4.90 Å². The summed E-state index contributed by atoms with van der Waals surface area (Å²) < 4.78 is 5.00. The molecular weight excluding hydrogens is 637 g/mol. The van der Waals surface area contributed by atoms with Gasteiger partial charge in [-0.25, -0.2) is 0 Å². The molecule has 0 unspecified atom stereocenters. The van der Waals surface area contributed by atoms with E-state index in [1.165, 1.54) is 74.3 Å². The average molecular weight is 667 g/mol. The van der Waals surface area contributed by atoms with Crippen molar-refractivity contribution in [3.63, 3.8) is 0 Å². The van der Waals surface area contributed by atoms with Crippen LogP contribution in [0.2, 0.25) is 0 Å². The lowest BCUT2D eigenvalue weighted by molar-refractivity contribution is 1.18.